The Kier molecular flexibility index (Phi) is 5.37. The van der Waals surface area contributed by atoms with E-state index in [-0.39, 0.29) is 5.92 Å². The Morgan fingerprint density at radius 1 is 1.13 bits per heavy atom. The van der Waals surface area contributed by atoms with E-state index in [1.165, 1.54) is 0 Å². The molecule has 4 nitrogen and oxygen atoms in total. The second kappa shape index (κ2) is 6.93. The summed E-state index contributed by atoms with van der Waals surface area (Å²) < 4.78 is 34.2. The molecule has 23 heavy (non-hydrogen) atoms. The average Bonchev–Trinajstić information content (AvgIpc) is 2.49. The third-order valence-electron chi connectivity index (χ3n) is 3.54. The monoisotopic (exact) mass is 397 g/mol. The van der Waals surface area contributed by atoms with Crippen LogP contribution in [0.3, 0.4) is 0 Å². The fourth-order valence-electron chi connectivity index (χ4n) is 2.22. The number of benzene rings is 2. The highest BCUT2D eigenvalue weighted by molar-refractivity contribution is 9.10. The van der Waals surface area contributed by atoms with Gasteiger partial charge in [0.05, 0.1) is 12.0 Å². The number of halogens is 1. The van der Waals surface area contributed by atoms with Crippen LogP contribution in [-0.4, -0.2) is 15.5 Å². The van der Waals surface area contributed by atoms with E-state index in [0.717, 1.165) is 15.6 Å². The molecule has 6 heteroatoms. The predicted octanol–water partition coefficient (Wildman–Crippen LogP) is 4.69. The van der Waals surface area contributed by atoms with Gasteiger partial charge in [-0.3, -0.25) is 4.72 Å². The Hall–Kier alpha value is -1.53. The molecule has 0 atom stereocenters. The number of aryl methyl sites for hydroxylation is 1. The summed E-state index contributed by atoms with van der Waals surface area (Å²) in [4.78, 5) is 0.309. The fraction of sp³-hybridized carbons (Fsp3) is 0.294. The van der Waals surface area contributed by atoms with Gasteiger partial charge in [0.25, 0.3) is 10.0 Å². The molecular weight excluding hydrogens is 378 g/mol. The molecule has 2 aromatic carbocycles. The van der Waals surface area contributed by atoms with Gasteiger partial charge >= 0.3 is 0 Å². The highest BCUT2D eigenvalue weighted by atomic mass is 79.9. The van der Waals surface area contributed by atoms with Crippen molar-refractivity contribution in [1.82, 2.24) is 0 Å². The van der Waals surface area contributed by atoms with Crippen LogP contribution in [0.5, 0.6) is 5.75 Å². The molecule has 0 aliphatic heterocycles. The lowest BCUT2D eigenvalue weighted by atomic mass is 10.0. The summed E-state index contributed by atoms with van der Waals surface area (Å²) in [6.45, 7) is 5.83. The highest BCUT2D eigenvalue weighted by Crippen LogP contribution is 2.31. The number of methoxy groups -OCH3 is 1. The van der Waals surface area contributed by atoms with Crippen molar-refractivity contribution < 1.29 is 13.2 Å². The van der Waals surface area contributed by atoms with Gasteiger partial charge in [-0.1, -0.05) is 29.8 Å². The Balaban J connectivity index is 2.44. The molecule has 2 aromatic rings. The first-order valence-corrected chi connectivity index (χ1v) is 9.49. The van der Waals surface area contributed by atoms with Crippen LogP contribution in [0.15, 0.2) is 45.8 Å². The highest BCUT2D eigenvalue weighted by Gasteiger charge is 2.21. The Morgan fingerprint density at radius 2 is 1.74 bits per heavy atom. The lowest BCUT2D eigenvalue weighted by Crippen LogP contribution is -2.16. The standard InChI is InChI=1S/C17H20BrNO3S/c1-11(2)15-10-16(18)12(3)9-17(15)23(20,21)19-13-5-7-14(22-4)8-6-13/h5-11,19H,1-4H3. The van der Waals surface area contributed by atoms with E-state index in [0.29, 0.717) is 16.3 Å². The molecule has 0 aromatic heterocycles. The number of ether oxygens (including phenoxy) is 1. The van der Waals surface area contributed by atoms with Gasteiger partial charge in [-0.05, 0) is 60.4 Å². The summed E-state index contributed by atoms with van der Waals surface area (Å²) in [5, 5.41) is 0. The Labute approximate surface area is 146 Å². The number of sulfonamides is 1. The van der Waals surface area contributed by atoms with Crippen LogP contribution in [0.2, 0.25) is 0 Å². The SMILES string of the molecule is COc1ccc(NS(=O)(=O)c2cc(C)c(Br)cc2C(C)C)cc1. The number of anilines is 1. The summed E-state index contributed by atoms with van der Waals surface area (Å²) in [5.74, 6) is 0.768. The van der Waals surface area contributed by atoms with Gasteiger partial charge in [-0.2, -0.15) is 0 Å². The minimum Gasteiger partial charge on any atom is -0.497 e. The van der Waals surface area contributed by atoms with Crippen molar-refractivity contribution in [3.8, 4) is 5.75 Å². The van der Waals surface area contributed by atoms with Crippen LogP contribution in [0, 0.1) is 6.92 Å². The molecule has 0 aliphatic rings. The summed E-state index contributed by atoms with van der Waals surface area (Å²) in [7, 11) is -2.09. The zero-order valence-corrected chi connectivity index (χ0v) is 16.0. The molecule has 0 saturated heterocycles. The predicted molar refractivity (Wildman–Crippen MR) is 96.8 cm³/mol. The first kappa shape index (κ1) is 17.8. The fourth-order valence-corrected chi connectivity index (χ4v) is 4.08. The van der Waals surface area contributed by atoms with Gasteiger partial charge in [0, 0.05) is 10.2 Å². The molecule has 0 unspecified atom stereocenters. The Bertz CT molecular complexity index is 799. The van der Waals surface area contributed by atoms with Crippen molar-refractivity contribution in [1.29, 1.82) is 0 Å². The van der Waals surface area contributed by atoms with Crippen LogP contribution in [-0.2, 0) is 10.0 Å². The first-order chi connectivity index (χ1) is 10.7. The first-order valence-electron chi connectivity index (χ1n) is 7.21. The van der Waals surface area contributed by atoms with E-state index in [1.54, 1.807) is 37.4 Å². The molecule has 0 fully saturated rings. The average molecular weight is 398 g/mol. The minimum atomic E-state index is -3.66. The maximum Gasteiger partial charge on any atom is 0.262 e. The van der Waals surface area contributed by atoms with Crippen LogP contribution in [0.1, 0.15) is 30.9 Å². The summed E-state index contributed by atoms with van der Waals surface area (Å²) in [6, 6.07) is 10.4. The van der Waals surface area contributed by atoms with Crippen LogP contribution < -0.4 is 9.46 Å². The van der Waals surface area contributed by atoms with E-state index >= 15 is 0 Å². The van der Waals surface area contributed by atoms with Crippen molar-refractivity contribution in [3.63, 3.8) is 0 Å². The zero-order valence-electron chi connectivity index (χ0n) is 13.6. The van der Waals surface area contributed by atoms with E-state index in [4.69, 9.17) is 4.74 Å². The molecule has 0 amide bonds. The smallest absolute Gasteiger partial charge is 0.262 e. The summed E-state index contributed by atoms with van der Waals surface area (Å²) in [6.07, 6.45) is 0. The zero-order chi connectivity index (χ0) is 17.2. The molecule has 124 valence electrons. The number of hydrogen-bond acceptors (Lipinski definition) is 3. The second-order valence-electron chi connectivity index (χ2n) is 5.63. The largest absolute Gasteiger partial charge is 0.497 e. The maximum atomic E-state index is 12.8. The third-order valence-corrected chi connectivity index (χ3v) is 5.84. The molecule has 2 rings (SSSR count). The van der Waals surface area contributed by atoms with Gasteiger partial charge < -0.3 is 4.74 Å². The van der Waals surface area contributed by atoms with Crippen molar-refractivity contribution in [2.45, 2.75) is 31.6 Å². The van der Waals surface area contributed by atoms with Crippen molar-refractivity contribution in [3.05, 3.63) is 52.0 Å². The second-order valence-corrected chi connectivity index (χ2v) is 8.13. The molecule has 0 aliphatic carbocycles. The molecule has 0 radical (unpaired) electrons. The molecule has 1 N–H and O–H groups in total. The number of rotatable bonds is 5. The van der Waals surface area contributed by atoms with E-state index in [2.05, 4.69) is 20.7 Å². The number of nitrogens with one attached hydrogen (secondary N) is 1. The van der Waals surface area contributed by atoms with E-state index in [1.807, 2.05) is 26.8 Å². The van der Waals surface area contributed by atoms with Gasteiger partial charge in [-0.15, -0.1) is 0 Å². The maximum absolute atomic E-state index is 12.8. The van der Waals surface area contributed by atoms with E-state index in [9.17, 15) is 8.42 Å². The molecule has 0 spiro atoms. The third kappa shape index (κ3) is 4.06. The molecule has 0 heterocycles. The van der Waals surface area contributed by atoms with Crippen molar-refractivity contribution in [2.24, 2.45) is 0 Å². The minimum absolute atomic E-state index is 0.0920. The Morgan fingerprint density at radius 3 is 2.26 bits per heavy atom. The summed E-state index contributed by atoms with van der Waals surface area (Å²) in [5.41, 5.74) is 2.16. The quantitative estimate of drug-likeness (QED) is 0.795. The molecular formula is C17H20BrNO3S. The van der Waals surface area contributed by atoms with Gasteiger partial charge in [0.2, 0.25) is 0 Å². The normalized spacial score (nSPS) is 11.6. The summed E-state index contributed by atoms with van der Waals surface area (Å²) >= 11 is 3.47. The van der Waals surface area contributed by atoms with Gasteiger partial charge in [0.1, 0.15) is 5.75 Å². The van der Waals surface area contributed by atoms with Gasteiger partial charge in [-0.25, -0.2) is 8.42 Å². The number of hydrogen-bond donors (Lipinski definition) is 1. The van der Waals surface area contributed by atoms with E-state index < -0.39 is 10.0 Å². The van der Waals surface area contributed by atoms with Crippen LogP contribution >= 0.6 is 15.9 Å². The van der Waals surface area contributed by atoms with Crippen LogP contribution in [0.4, 0.5) is 5.69 Å². The molecule has 0 saturated carbocycles. The van der Waals surface area contributed by atoms with Gasteiger partial charge in [0.15, 0.2) is 0 Å². The lowest BCUT2D eigenvalue weighted by molar-refractivity contribution is 0.415. The topological polar surface area (TPSA) is 55.4 Å². The van der Waals surface area contributed by atoms with Crippen molar-refractivity contribution in [2.75, 3.05) is 11.8 Å². The molecule has 0 bridgehead atoms. The lowest BCUT2D eigenvalue weighted by Gasteiger charge is -2.16. The van der Waals surface area contributed by atoms with Crippen molar-refractivity contribution >= 4 is 31.6 Å². The van der Waals surface area contributed by atoms with Crippen LogP contribution in [0.25, 0.3) is 0 Å².